The molecule has 1 aliphatic rings. The quantitative estimate of drug-likeness (QED) is 0.750. The topological polar surface area (TPSA) is 80.0 Å². The van der Waals surface area contributed by atoms with Crippen LogP contribution in [0.15, 0.2) is 16.6 Å². The summed E-state index contributed by atoms with van der Waals surface area (Å²) in [5.74, 6) is 0.388. The third kappa shape index (κ3) is 4.02. The van der Waals surface area contributed by atoms with Crippen molar-refractivity contribution in [2.75, 3.05) is 19.7 Å². The summed E-state index contributed by atoms with van der Waals surface area (Å²) in [6, 6.07) is 2.04. The van der Waals surface area contributed by atoms with Crippen LogP contribution in [0.1, 0.15) is 49.1 Å². The van der Waals surface area contributed by atoms with Crippen molar-refractivity contribution >= 4 is 28.4 Å². The maximum absolute atomic E-state index is 12.8. The van der Waals surface area contributed by atoms with Crippen molar-refractivity contribution in [2.24, 2.45) is 5.92 Å². The molecule has 1 aromatic heterocycles. The normalized spacial score (nSPS) is 15.8. The van der Waals surface area contributed by atoms with Crippen LogP contribution in [0.4, 0.5) is 0 Å². The fourth-order valence-electron chi connectivity index (χ4n) is 3.94. The van der Waals surface area contributed by atoms with Crippen molar-refractivity contribution in [1.82, 2.24) is 4.90 Å². The molecule has 3 rings (SSSR count). The van der Waals surface area contributed by atoms with Crippen LogP contribution in [0.5, 0.6) is 5.75 Å². The van der Waals surface area contributed by atoms with Crippen LogP contribution in [-0.2, 0) is 9.59 Å². The molecule has 0 bridgehead atoms. The van der Waals surface area contributed by atoms with E-state index in [1.54, 1.807) is 11.0 Å². The average molecular weight is 399 g/mol. The number of carbonyl (C=O) groups excluding carboxylic acids is 1. The van der Waals surface area contributed by atoms with Gasteiger partial charge in [0.25, 0.3) is 0 Å². The standard InChI is InChI=1S/C23H29NO5/c1-6-28-21-15(4)22-19(14(3)16(5)29-22)12-18(21)13(2)11-20(25)24-9-7-17(8-10-24)23(26)27/h11-12,17H,6-10H2,1-5H3,(H,26,27)/b13-11+. The van der Waals surface area contributed by atoms with Crippen LogP contribution in [0, 0.1) is 26.7 Å². The molecule has 0 unspecified atom stereocenters. The summed E-state index contributed by atoms with van der Waals surface area (Å²) in [5.41, 5.74) is 4.54. The molecule has 1 saturated heterocycles. The predicted octanol–water partition coefficient (Wildman–Crippen LogP) is 4.48. The van der Waals surface area contributed by atoms with Gasteiger partial charge < -0.3 is 19.2 Å². The average Bonchev–Trinajstić information content (AvgIpc) is 2.98. The zero-order chi connectivity index (χ0) is 21.3. The number of likely N-dealkylation sites (tertiary alicyclic amines) is 1. The molecule has 6 heteroatoms. The van der Waals surface area contributed by atoms with Gasteiger partial charge in [-0.25, -0.2) is 0 Å². The van der Waals surface area contributed by atoms with Gasteiger partial charge in [0.15, 0.2) is 0 Å². The van der Waals surface area contributed by atoms with Gasteiger partial charge in [0, 0.05) is 35.7 Å². The van der Waals surface area contributed by atoms with Crippen LogP contribution in [0.2, 0.25) is 0 Å². The monoisotopic (exact) mass is 399 g/mol. The number of carbonyl (C=O) groups is 2. The fourth-order valence-corrected chi connectivity index (χ4v) is 3.94. The molecule has 0 radical (unpaired) electrons. The third-order valence-electron chi connectivity index (χ3n) is 5.86. The number of hydrogen-bond donors (Lipinski definition) is 1. The molecule has 156 valence electrons. The number of allylic oxidation sites excluding steroid dienone is 1. The Kier molecular flexibility index (Phi) is 6.01. The highest BCUT2D eigenvalue weighted by molar-refractivity contribution is 5.98. The molecule has 0 aliphatic carbocycles. The van der Waals surface area contributed by atoms with E-state index in [1.165, 1.54) is 0 Å². The van der Waals surface area contributed by atoms with Gasteiger partial charge in [-0.05, 0) is 64.7 Å². The Labute approximate surface area is 171 Å². The summed E-state index contributed by atoms with van der Waals surface area (Å²) in [7, 11) is 0. The van der Waals surface area contributed by atoms with Crippen LogP contribution in [0.3, 0.4) is 0 Å². The minimum Gasteiger partial charge on any atom is -0.493 e. The number of benzene rings is 1. The summed E-state index contributed by atoms with van der Waals surface area (Å²) in [6.45, 7) is 11.2. The maximum atomic E-state index is 12.8. The van der Waals surface area contributed by atoms with Crippen molar-refractivity contribution in [3.8, 4) is 5.75 Å². The third-order valence-corrected chi connectivity index (χ3v) is 5.86. The van der Waals surface area contributed by atoms with E-state index in [4.69, 9.17) is 14.3 Å². The smallest absolute Gasteiger partial charge is 0.306 e. The lowest BCUT2D eigenvalue weighted by molar-refractivity contribution is -0.144. The van der Waals surface area contributed by atoms with E-state index in [0.717, 1.165) is 44.7 Å². The molecule has 1 aromatic carbocycles. The van der Waals surface area contributed by atoms with Crippen molar-refractivity contribution in [3.63, 3.8) is 0 Å². The predicted molar refractivity (Wildman–Crippen MR) is 112 cm³/mol. The second-order valence-electron chi connectivity index (χ2n) is 7.74. The number of nitrogens with zero attached hydrogens (tertiary/aromatic N) is 1. The van der Waals surface area contributed by atoms with E-state index >= 15 is 0 Å². The number of fused-ring (bicyclic) bond motifs is 1. The molecule has 1 aliphatic heterocycles. The Hall–Kier alpha value is -2.76. The molecule has 0 saturated carbocycles. The van der Waals surface area contributed by atoms with E-state index < -0.39 is 5.97 Å². The number of carboxylic acid groups (broad SMARTS) is 1. The van der Waals surface area contributed by atoms with Crippen molar-refractivity contribution in [3.05, 3.63) is 34.6 Å². The lowest BCUT2D eigenvalue weighted by Crippen LogP contribution is -2.39. The molecule has 6 nitrogen and oxygen atoms in total. The number of aryl methyl sites for hydroxylation is 3. The fraction of sp³-hybridized carbons (Fsp3) is 0.478. The molecule has 0 atom stereocenters. The molecule has 1 amide bonds. The Morgan fingerprint density at radius 1 is 1.24 bits per heavy atom. The minimum absolute atomic E-state index is 0.0911. The summed E-state index contributed by atoms with van der Waals surface area (Å²) in [6.07, 6.45) is 2.62. The first-order valence-corrected chi connectivity index (χ1v) is 10.1. The Balaban J connectivity index is 1.94. The van der Waals surface area contributed by atoms with Gasteiger partial charge in [-0.15, -0.1) is 0 Å². The lowest BCUT2D eigenvalue weighted by atomic mass is 9.96. The van der Waals surface area contributed by atoms with Gasteiger partial charge in [-0.3, -0.25) is 9.59 Å². The number of furan rings is 1. The minimum atomic E-state index is -0.778. The molecule has 0 spiro atoms. The molecule has 1 fully saturated rings. The van der Waals surface area contributed by atoms with Crippen molar-refractivity contribution < 1.29 is 23.8 Å². The first-order chi connectivity index (χ1) is 13.7. The summed E-state index contributed by atoms with van der Waals surface area (Å²) in [4.78, 5) is 25.6. The first kappa shape index (κ1) is 21.0. The number of rotatable bonds is 5. The largest absolute Gasteiger partial charge is 0.493 e. The highest BCUT2D eigenvalue weighted by atomic mass is 16.5. The molecular weight excluding hydrogens is 370 g/mol. The zero-order valence-electron chi connectivity index (χ0n) is 17.8. The maximum Gasteiger partial charge on any atom is 0.306 e. The van der Waals surface area contributed by atoms with E-state index in [0.29, 0.717) is 32.5 Å². The van der Waals surface area contributed by atoms with Crippen LogP contribution in [0.25, 0.3) is 16.5 Å². The molecule has 2 aromatic rings. The highest BCUT2D eigenvalue weighted by Crippen LogP contribution is 2.39. The van der Waals surface area contributed by atoms with Gasteiger partial charge in [0.05, 0.1) is 12.5 Å². The Bertz CT molecular complexity index is 977. The van der Waals surface area contributed by atoms with Crippen LogP contribution >= 0.6 is 0 Å². The van der Waals surface area contributed by atoms with Gasteiger partial charge in [-0.1, -0.05) is 0 Å². The Morgan fingerprint density at radius 2 is 1.90 bits per heavy atom. The lowest BCUT2D eigenvalue weighted by Gasteiger charge is -2.29. The number of piperidine rings is 1. The van der Waals surface area contributed by atoms with E-state index in [9.17, 15) is 9.59 Å². The highest BCUT2D eigenvalue weighted by Gasteiger charge is 2.26. The zero-order valence-corrected chi connectivity index (χ0v) is 17.8. The van der Waals surface area contributed by atoms with Gasteiger partial charge in [-0.2, -0.15) is 0 Å². The Morgan fingerprint density at radius 3 is 2.48 bits per heavy atom. The van der Waals surface area contributed by atoms with Gasteiger partial charge >= 0.3 is 5.97 Å². The number of amides is 1. The summed E-state index contributed by atoms with van der Waals surface area (Å²) < 4.78 is 11.9. The summed E-state index contributed by atoms with van der Waals surface area (Å²) >= 11 is 0. The molecule has 29 heavy (non-hydrogen) atoms. The first-order valence-electron chi connectivity index (χ1n) is 10.1. The summed E-state index contributed by atoms with van der Waals surface area (Å²) in [5, 5.41) is 10.2. The van der Waals surface area contributed by atoms with E-state index in [2.05, 4.69) is 0 Å². The molecule has 2 heterocycles. The molecular formula is C23H29NO5. The van der Waals surface area contributed by atoms with Crippen LogP contribution in [-0.4, -0.2) is 41.6 Å². The van der Waals surface area contributed by atoms with Gasteiger partial charge in [0.1, 0.15) is 17.1 Å². The van der Waals surface area contributed by atoms with E-state index in [-0.39, 0.29) is 11.8 Å². The SMILES string of the molecule is CCOc1c(/C(C)=C/C(=O)N2CCC(C(=O)O)CC2)cc2c(C)c(C)oc2c1C. The van der Waals surface area contributed by atoms with Gasteiger partial charge in [0.2, 0.25) is 5.91 Å². The number of carboxylic acids is 1. The molecule has 1 N–H and O–H groups in total. The second kappa shape index (κ2) is 8.31. The van der Waals surface area contributed by atoms with Crippen molar-refractivity contribution in [2.45, 2.75) is 47.5 Å². The number of hydrogen-bond acceptors (Lipinski definition) is 4. The second-order valence-corrected chi connectivity index (χ2v) is 7.74. The van der Waals surface area contributed by atoms with Crippen molar-refractivity contribution in [1.29, 1.82) is 0 Å². The van der Waals surface area contributed by atoms with Crippen LogP contribution < -0.4 is 4.74 Å². The van der Waals surface area contributed by atoms with E-state index in [1.807, 2.05) is 40.7 Å². The number of aliphatic carboxylic acids is 1. The number of ether oxygens (including phenoxy) is 1.